The Kier molecular flexibility index (Phi) is 3.88. The van der Waals surface area contributed by atoms with Gasteiger partial charge in [0.1, 0.15) is 0 Å². The van der Waals surface area contributed by atoms with E-state index in [0.717, 1.165) is 5.56 Å². The maximum absolute atomic E-state index is 11.1. The summed E-state index contributed by atoms with van der Waals surface area (Å²) in [5.41, 5.74) is 1.41. The smallest absolute Gasteiger partial charge is 0.261 e. The van der Waals surface area contributed by atoms with E-state index in [2.05, 4.69) is 10.3 Å². The van der Waals surface area contributed by atoms with Crippen molar-refractivity contribution in [2.45, 2.75) is 11.8 Å². The van der Waals surface area contributed by atoms with E-state index in [1.807, 2.05) is 0 Å². The van der Waals surface area contributed by atoms with Crippen LogP contribution in [0, 0.1) is 0 Å². The molecule has 1 aromatic carbocycles. The number of rotatable bonds is 3. The number of hydrogen-bond acceptors (Lipinski definition) is 5. The number of thiazole rings is 1. The Bertz CT molecular complexity index is 708. The minimum absolute atomic E-state index is 0.0373. The highest BCUT2D eigenvalue weighted by Gasteiger charge is 2.11. The molecule has 0 bridgehead atoms. The number of carbonyl (C=O) groups is 1. The number of hydrogen-bond donors (Lipinski definition) is 1. The monoisotopic (exact) mass is 316 g/mol. The van der Waals surface area contributed by atoms with Crippen molar-refractivity contribution in [3.63, 3.8) is 0 Å². The number of anilines is 1. The van der Waals surface area contributed by atoms with E-state index in [4.69, 9.17) is 10.7 Å². The fourth-order valence-electron chi connectivity index (χ4n) is 1.40. The molecule has 1 amide bonds. The van der Waals surface area contributed by atoms with Crippen molar-refractivity contribution in [1.82, 2.24) is 4.98 Å². The van der Waals surface area contributed by atoms with E-state index in [1.165, 1.54) is 30.4 Å². The zero-order valence-electron chi connectivity index (χ0n) is 9.75. The Morgan fingerprint density at radius 3 is 2.47 bits per heavy atom. The summed E-state index contributed by atoms with van der Waals surface area (Å²) in [7, 11) is 1.51. The van der Waals surface area contributed by atoms with Gasteiger partial charge in [-0.1, -0.05) is 12.1 Å². The van der Waals surface area contributed by atoms with Crippen LogP contribution >= 0.6 is 22.0 Å². The van der Waals surface area contributed by atoms with Gasteiger partial charge in [0.2, 0.25) is 5.91 Å². The molecule has 0 aliphatic carbocycles. The van der Waals surface area contributed by atoms with Crippen molar-refractivity contribution in [3.05, 3.63) is 29.6 Å². The number of nitrogens with one attached hydrogen (secondary N) is 1. The predicted molar refractivity (Wildman–Crippen MR) is 74.9 cm³/mol. The molecule has 0 atom stereocenters. The van der Waals surface area contributed by atoms with Crippen LogP contribution in [0.4, 0.5) is 5.13 Å². The van der Waals surface area contributed by atoms with Gasteiger partial charge in [0, 0.05) is 28.5 Å². The molecule has 1 heterocycles. The number of benzene rings is 1. The fraction of sp³-hybridized carbons (Fsp3) is 0.0909. The molecule has 2 aromatic rings. The summed E-state index contributed by atoms with van der Waals surface area (Å²) in [6.45, 7) is 1.40. The zero-order valence-corrected chi connectivity index (χ0v) is 12.1. The van der Waals surface area contributed by atoms with Crippen LogP contribution in [-0.2, 0) is 13.8 Å². The van der Waals surface area contributed by atoms with E-state index in [1.54, 1.807) is 17.5 Å². The van der Waals surface area contributed by atoms with Crippen LogP contribution in [0.1, 0.15) is 6.92 Å². The first-order chi connectivity index (χ1) is 8.86. The first-order valence-electron chi connectivity index (χ1n) is 5.14. The molecule has 0 saturated carbocycles. The number of aromatic nitrogens is 1. The Labute approximate surface area is 118 Å². The van der Waals surface area contributed by atoms with Crippen molar-refractivity contribution >= 4 is 42.1 Å². The molecule has 0 fully saturated rings. The van der Waals surface area contributed by atoms with Crippen LogP contribution in [0.2, 0.25) is 0 Å². The summed E-state index contributed by atoms with van der Waals surface area (Å²) in [5, 5.41) is 4.85. The minimum Gasteiger partial charge on any atom is -0.302 e. The first kappa shape index (κ1) is 14.0. The number of amides is 1. The second-order valence-electron chi connectivity index (χ2n) is 3.68. The molecule has 100 valence electrons. The van der Waals surface area contributed by atoms with Gasteiger partial charge in [-0.25, -0.2) is 13.4 Å². The van der Waals surface area contributed by atoms with Gasteiger partial charge in [0.25, 0.3) is 9.05 Å². The van der Waals surface area contributed by atoms with E-state index < -0.39 is 9.05 Å². The van der Waals surface area contributed by atoms with Gasteiger partial charge in [-0.15, -0.1) is 11.3 Å². The predicted octanol–water partition coefficient (Wildman–Crippen LogP) is 2.70. The molecule has 0 spiro atoms. The molecule has 2 rings (SSSR count). The molecule has 5 nitrogen and oxygen atoms in total. The second-order valence-corrected chi connectivity index (χ2v) is 7.11. The average molecular weight is 317 g/mol. The van der Waals surface area contributed by atoms with Crippen molar-refractivity contribution in [1.29, 1.82) is 0 Å². The Hall–Kier alpha value is -1.44. The lowest BCUT2D eigenvalue weighted by atomic mass is 10.2. The van der Waals surface area contributed by atoms with E-state index in [9.17, 15) is 13.2 Å². The number of nitrogens with zero attached hydrogens (tertiary/aromatic N) is 1. The van der Waals surface area contributed by atoms with E-state index >= 15 is 0 Å². The first-order valence-corrected chi connectivity index (χ1v) is 8.33. The summed E-state index contributed by atoms with van der Waals surface area (Å²) < 4.78 is 22.2. The largest absolute Gasteiger partial charge is 0.302 e. The molecular weight excluding hydrogens is 308 g/mol. The third-order valence-corrected chi connectivity index (χ3v) is 4.35. The SMILES string of the molecule is CC(=O)Nc1nc(-c2ccc(S(=O)(=O)Cl)cc2)cs1. The summed E-state index contributed by atoms with van der Waals surface area (Å²) in [5.74, 6) is -0.190. The molecule has 0 aliphatic heterocycles. The fourth-order valence-corrected chi connectivity index (χ4v) is 2.94. The summed E-state index contributed by atoms with van der Waals surface area (Å²) >= 11 is 1.30. The van der Waals surface area contributed by atoms with Gasteiger partial charge in [-0.3, -0.25) is 4.79 Å². The maximum atomic E-state index is 11.1. The van der Waals surface area contributed by atoms with Gasteiger partial charge in [0.15, 0.2) is 5.13 Å². The van der Waals surface area contributed by atoms with Crippen LogP contribution in [0.15, 0.2) is 34.5 Å². The van der Waals surface area contributed by atoms with Crippen LogP contribution in [0.5, 0.6) is 0 Å². The standard InChI is InChI=1S/C11H9ClN2O3S2/c1-7(15)13-11-14-10(6-18-11)8-2-4-9(5-3-8)19(12,16)17/h2-6H,1H3,(H,13,14,15). The van der Waals surface area contributed by atoms with Gasteiger partial charge in [-0.2, -0.15) is 0 Å². The summed E-state index contributed by atoms with van der Waals surface area (Å²) in [4.78, 5) is 15.1. The molecule has 19 heavy (non-hydrogen) atoms. The van der Waals surface area contributed by atoms with Crippen molar-refractivity contribution in [3.8, 4) is 11.3 Å². The second kappa shape index (κ2) is 5.28. The van der Waals surface area contributed by atoms with E-state index in [-0.39, 0.29) is 10.8 Å². The lowest BCUT2D eigenvalue weighted by molar-refractivity contribution is -0.114. The molecule has 8 heteroatoms. The lowest BCUT2D eigenvalue weighted by Gasteiger charge is -1.99. The van der Waals surface area contributed by atoms with Crippen LogP contribution in [0.3, 0.4) is 0 Å². The molecular formula is C11H9ClN2O3S2. The highest BCUT2D eigenvalue weighted by molar-refractivity contribution is 8.13. The third kappa shape index (κ3) is 3.52. The Morgan fingerprint density at radius 2 is 1.95 bits per heavy atom. The van der Waals surface area contributed by atoms with Gasteiger partial charge in [-0.05, 0) is 12.1 Å². The number of halogens is 1. The molecule has 0 radical (unpaired) electrons. The molecule has 1 aromatic heterocycles. The van der Waals surface area contributed by atoms with Crippen LogP contribution in [-0.4, -0.2) is 19.3 Å². The minimum atomic E-state index is -3.72. The lowest BCUT2D eigenvalue weighted by Crippen LogP contribution is -2.04. The normalized spacial score (nSPS) is 11.3. The zero-order chi connectivity index (χ0) is 14.0. The van der Waals surface area contributed by atoms with Crippen molar-refractivity contribution in [2.24, 2.45) is 0 Å². The molecule has 0 unspecified atom stereocenters. The number of carbonyl (C=O) groups excluding carboxylic acids is 1. The van der Waals surface area contributed by atoms with Crippen LogP contribution < -0.4 is 5.32 Å². The van der Waals surface area contributed by atoms with Gasteiger partial charge >= 0.3 is 0 Å². The third-order valence-electron chi connectivity index (χ3n) is 2.22. The Morgan fingerprint density at radius 1 is 1.32 bits per heavy atom. The topological polar surface area (TPSA) is 76.1 Å². The van der Waals surface area contributed by atoms with Gasteiger partial charge in [0.05, 0.1) is 10.6 Å². The molecule has 0 saturated heterocycles. The van der Waals surface area contributed by atoms with E-state index in [0.29, 0.717) is 10.8 Å². The average Bonchev–Trinajstić information content (AvgIpc) is 2.75. The summed E-state index contributed by atoms with van der Waals surface area (Å²) in [6.07, 6.45) is 0. The Balaban J connectivity index is 2.27. The van der Waals surface area contributed by atoms with Crippen LogP contribution in [0.25, 0.3) is 11.3 Å². The van der Waals surface area contributed by atoms with Gasteiger partial charge < -0.3 is 5.32 Å². The van der Waals surface area contributed by atoms with Crippen molar-refractivity contribution < 1.29 is 13.2 Å². The quantitative estimate of drug-likeness (QED) is 0.883. The molecule has 1 N–H and O–H groups in total. The highest BCUT2D eigenvalue weighted by atomic mass is 35.7. The summed E-state index contributed by atoms with van der Waals surface area (Å²) in [6, 6.07) is 6.05. The van der Waals surface area contributed by atoms with Crippen molar-refractivity contribution in [2.75, 3.05) is 5.32 Å². The highest BCUT2D eigenvalue weighted by Crippen LogP contribution is 2.26. The molecule has 0 aliphatic rings. The maximum Gasteiger partial charge on any atom is 0.261 e.